The Morgan fingerprint density at radius 2 is 2.00 bits per heavy atom. The summed E-state index contributed by atoms with van der Waals surface area (Å²) in [6.45, 7) is 3.90. The van der Waals surface area contributed by atoms with E-state index in [1.165, 1.54) is 17.8 Å². The van der Waals surface area contributed by atoms with Crippen molar-refractivity contribution in [3.8, 4) is 5.75 Å². The molecule has 1 aliphatic heterocycles. The van der Waals surface area contributed by atoms with Crippen LogP contribution in [0.4, 0.5) is 8.78 Å². The van der Waals surface area contributed by atoms with E-state index in [-0.39, 0.29) is 17.5 Å². The second-order valence-electron chi connectivity index (χ2n) is 4.97. The van der Waals surface area contributed by atoms with Crippen LogP contribution in [0.5, 0.6) is 5.75 Å². The molecule has 0 saturated heterocycles. The molecule has 0 fully saturated rings. The van der Waals surface area contributed by atoms with Gasteiger partial charge in [0.05, 0.1) is 16.2 Å². The summed E-state index contributed by atoms with van der Waals surface area (Å²) >= 11 is 1.47. The first-order chi connectivity index (χ1) is 9.52. The molecular weight excluding hydrogens is 282 g/mol. The van der Waals surface area contributed by atoms with Crippen molar-refractivity contribution in [1.29, 1.82) is 0 Å². The van der Waals surface area contributed by atoms with Gasteiger partial charge >= 0.3 is 0 Å². The number of allylic oxidation sites excluding steroid dienone is 1. The first kappa shape index (κ1) is 13.5. The molecule has 20 heavy (non-hydrogen) atoms. The fourth-order valence-corrected chi connectivity index (χ4v) is 3.27. The molecule has 106 valence electrons. The zero-order chi connectivity index (χ0) is 14.3. The van der Waals surface area contributed by atoms with E-state index in [1.54, 1.807) is 0 Å². The van der Waals surface area contributed by atoms with Crippen molar-refractivity contribution in [2.24, 2.45) is 0 Å². The highest BCUT2D eigenvalue weighted by atomic mass is 32.2. The van der Waals surface area contributed by atoms with E-state index in [2.05, 4.69) is 0 Å². The fourth-order valence-electron chi connectivity index (χ4n) is 2.16. The Morgan fingerprint density at radius 3 is 2.75 bits per heavy atom. The summed E-state index contributed by atoms with van der Waals surface area (Å²) < 4.78 is 37.9. The maximum absolute atomic E-state index is 13.3. The zero-order valence-electron chi connectivity index (χ0n) is 11.1. The monoisotopic (exact) mass is 296 g/mol. The molecule has 2 aliphatic rings. The van der Waals surface area contributed by atoms with Gasteiger partial charge in [0, 0.05) is 6.07 Å². The third-order valence-electron chi connectivity index (χ3n) is 2.99. The minimum absolute atomic E-state index is 0.0480. The molecule has 5 heteroatoms. The number of thioether (sulfide) groups is 1. The van der Waals surface area contributed by atoms with Gasteiger partial charge in [-0.1, -0.05) is 6.08 Å². The van der Waals surface area contributed by atoms with Crippen molar-refractivity contribution in [3.63, 3.8) is 0 Å². The van der Waals surface area contributed by atoms with Crippen LogP contribution in [0.25, 0.3) is 0 Å². The second-order valence-corrected chi connectivity index (χ2v) is 6.19. The highest BCUT2D eigenvalue weighted by molar-refractivity contribution is 8.00. The Bertz CT molecular complexity index is 596. The standard InChI is InChI=1S/C15H14F2O2S/c1-8(2)18-9-3-4-14-12(5-9)19-13-6-10(16)11(17)7-15(13)20-14/h3-8,12,14H,1-2H3. The average Bonchev–Trinajstić information content (AvgIpc) is 2.37. The van der Waals surface area contributed by atoms with Crippen LogP contribution in [0.2, 0.25) is 0 Å². The lowest BCUT2D eigenvalue weighted by atomic mass is 10.1. The highest BCUT2D eigenvalue weighted by Crippen LogP contribution is 2.43. The Kier molecular flexibility index (Phi) is 3.46. The van der Waals surface area contributed by atoms with Crippen LogP contribution in [-0.2, 0) is 4.74 Å². The van der Waals surface area contributed by atoms with E-state index >= 15 is 0 Å². The summed E-state index contributed by atoms with van der Waals surface area (Å²) in [7, 11) is 0. The molecule has 1 aliphatic carbocycles. The van der Waals surface area contributed by atoms with Gasteiger partial charge in [0.1, 0.15) is 17.6 Å². The van der Waals surface area contributed by atoms with Gasteiger partial charge in [0.15, 0.2) is 11.6 Å². The van der Waals surface area contributed by atoms with E-state index in [1.807, 2.05) is 32.1 Å². The molecule has 1 aromatic rings. The molecule has 2 atom stereocenters. The van der Waals surface area contributed by atoms with Gasteiger partial charge in [-0.05, 0) is 32.1 Å². The van der Waals surface area contributed by atoms with Crippen LogP contribution in [0, 0.1) is 11.6 Å². The van der Waals surface area contributed by atoms with Gasteiger partial charge in [0.25, 0.3) is 0 Å². The van der Waals surface area contributed by atoms with Crippen LogP contribution in [0.1, 0.15) is 13.8 Å². The van der Waals surface area contributed by atoms with Gasteiger partial charge in [-0.15, -0.1) is 11.8 Å². The molecule has 3 rings (SSSR count). The van der Waals surface area contributed by atoms with Crippen molar-refractivity contribution in [1.82, 2.24) is 0 Å². The number of halogens is 2. The molecule has 1 heterocycles. The third-order valence-corrected chi connectivity index (χ3v) is 4.26. The third kappa shape index (κ3) is 2.54. The quantitative estimate of drug-likeness (QED) is 0.820. The van der Waals surface area contributed by atoms with Crippen LogP contribution in [0.15, 0.2) is 41.0 Å². The molecular formula is C15H14F2O2S. The number of hydrogen-bond acceptors (Lipinski definition) is 3. The van der Waals surface area contributed by atoms with Crippen molar-refractivity contribution in [2.45, 2.75) is 36.2 Å². The lowest BCUT2D eigenvalue weighted by Crippen LogP contribution is -2.32. The maximum Gasteiger partial charge on any atom is 0.162 e. The van der Waals surface area contributed by atoms with Crippen molar-refractivity contribution in [3.05, 3.63) is 47.8 Å². The molecule has 0 saturated carbocycles. The van der Waals surface area contributed by atoms with E-state index in [4.69, 9.17) is 9.47 Å². The van der Waals surface area contributed by atoms with E-state index in [0.717, 1.165) is 11.8 Å². The van der Waals surface area contributed by atoms with E-state index < -0.39 is 11.6 Å². The van der Waals surface area contributed by atoms with Crippen molar-refractivity contribution in [2.75, 3.05) is 0 Å². The lowest BCUT2D eigenvalue weighted by Gasteiger charge is -2.32. The summed E-state index contributed by atoms with van der Waals surface area (Å²) in [6, 6.07) is 2.28. The molecule has 0 radical (unpaired) electrons. The lowest BCUT2D eigenvalue weighted by molar-refractivity contribution is 0.148. The largest absolute Gasteiger partial charge is 0.491 e. The smallest absolute Gasteiger partial charge is 0.162 e. The number of ether oxygens (including phenoxy) is 2. The predicted molar refractivity (Wildman–Crippen MR) is 73.9 cm³/mol. The topological polar surface area (TPSA) is 18.5 Å². The summed E-state index contributed by atoms with van der Waals surface area (Å²) in [6.07, 6.45) is 5.59. The molecule has 0 bridgehead atoms. The molecule has 0 amide bonds. The maximum atomic E-state index is 13.3. The van der Waals surface area contributed by atoms with Crippen LogP contribution in [0.3, 0.4) is 0 Å². The first-order valence-electron chi connectivity index (χ1n) is 6.42. The van der Waals surface area contributed by atoms with Gasteiger partial charge in [-0.2, -0.15) is 0 Å². The van der Waals surface area contributed by atoms with Crippen LogP contribution < -0.4 is 4.74 Å². The molecule has 2 nitrogen and oxygen atoms in total. The molecule has 0 aromatic heterocycles. The van der Waals surface area contributed by atoms with Gasteiger partial charge in [-0.3, -0.25) is 0 Å². The molecule has 1 aromatic carbocycles. The molecule has 0 N–H and O–H groups in total. The van der Waals surface area contributed by atoms with Crippen molar-refractivity contribution < 1.29 is 18.3 Å². The molecule has 0 spiro atoms. The van der Waals surface area contributed by atoms with Gasteiger partial charge < -0.3 is 9.47 Å². The minimum atomic E-state index is -0.892. The fraction of sp³-hybridized carbons (Fsp3) is 0.333. The van der Waals surface area contributed by atoms with E-state index in [0.29, 0.717) is 10.6 Å². The number of hydrogen-bond donors (Lipinski definition) is 0. The van der Waals surface area contributed by atoms with Crippen LogP contribution >= 0.6 is 11.8 Å². The zero-order valence-corrected chi connectivity index (χ0v) is 11.9. The molecule has 2 unspecified atom stereocenters. The number of benzene rings is 1. The highest BCUT2D eigenvalue weighted by Gasteiger charge is 2.31. The minimum Gasteiger partial charge on any atom is -0.491 e. The van der Waals surface area contributed by atoms with Gasteiger partial charge in [0.2, 0.25) is 0 Å². The van der Waals surface area contributed by atoms with E-state index in [9.17, 15) is 8.78 Å². The average molecular weight is 296 g/mol. The Labute approximate surface area is 120 Å². The van der Waals surface area contributed by atoms with Gasteiger partial charge in [-0.25, -0.2) is 8.78 Å². The number of rotatable bonds is 2. The van der Waals surface area contributed by atoms with Crippen LogP contribution in [-0.4, -0.2) is 17.5 Å². The summed E-state index contributed by atoms with van der Waals surface area (Å²) in [4.78, 5) is 0.622. The second kappa shape index (κ2) is 5.13. The number of fused-ring (bicyclic) bond motifs is 2. The Morgan fingerprint density at radius 1 is 1.25 bits per heavy atom. The normalized spacial score (nSPS) is 23.8. The predicted octanol–water partition coefficient (Wildman–Crippen LogP) is 4.07. The Hall–Kier alpha value is -1.49. The van der Waals surface area contributed by atoms with Crippen molar-refractivity contribution >= 4 is 11.8 Å². The summed E-state index contributed by atoms with van der Waals surface area (Å²) in [5.41, 5.74) is 0. The Balaban J connectivity index is 1.87. The first-order valence-corrected chi connectivity index (χ1v) is 7.30. The summed E-state index contributed by atoms with van der Waals surface area (Å²) in [5.74, 6) is -0.618. The SMILES string of the molecule is CC(C)OC1=CC2Oc3cc(F)c(F)cc3SC2C=C1. The summed E-state index contributed by atoms with van der Waals surface area (Å²) in [5, 5.41) is 0.0480.